The molecule has 1 fully saturated rings. The Labute approximate surface area is 119 Å². The molecule has 0 aliphatic carbocycles. The summed E-state index contributed by atoms with van der Waals surface area (Å²) < 4.78 is 5.34. The highest BCUT2D eigenvalue weighted by molar-refractivity contribution is 6.11. The summed E-state index contributed by atoms with van der Waals surface area (Å²) in [5.74, 6) is -0.0862. The first-order valence-electron chi connectivity index (χ1n) is 6.92. The lowest BCUT2D eigenvalue weighted by Crippen LogP contribution is -2.54. The Morgan fingerprint density at radius 2 is 1.65 bits per heavy atom. The lowest BCUT2D eigenvalue weighted by molar-refractivity contribution is -0.00433. The summed E-state index contributed by atoms with van der Waals surface area (Å²) in [4.78, 5) is 26.7. The Hall–Kier alpha value is -1.52. The van der Waals surface area contributed by atoms with Crippen molar-refractivity contribution in [3.05, 3.63) is 35.4 Å². The Balaban J connectivity index is 2.32. The molecule has 4 heteroatoms. The molecule has 4 nitrogen and oxygen atoms in total. The molecule has 2 rings (SSSR count). The van der Waals surface area contributed by atoms with Crippen molar-refractivity contribution in [2.75, 3.05) is 26.3 Å². The average molecular weight is 275 g/mol. The molecular formula is C16H21NO3. The monoisotopic (exact) mass is 275 g/mol. The summed E-state index contributed by atoms with van der Waals surface area (Å²) in [6, 6.07) is 7.04. The van der Waals surface area contributed by atoms with Gasteiger partial charge >= 0.3 is 0 Å². The predicted molar refractivity (Wildman–Crippen MR) is 77.2 cm³/mol. The number of rotatable bonds is 4. The number of benzene rings is 1. The molecule has 0 N–H and O–H groups in total. The molecule has 1 aromatic rings. The highest BCUT2D eigenvalue weighted by atomic mass is 16.5. The number of nitrogens with zero attached hydrogens (tertiary/aromatic N) is 1. The van der Waals surface area contributed by atoms with Gasteiger partial charge in [0.15, 0.2) is 11.6 Å². The predicted octanol–water partition coefficient (Wildman–Crippen LogP) is 2.18. The number of carbonyl (C=O) groups is 2. The fourth-order valence-electron chi connectivity index (χ4n) is 2.58. The van der Waals surface area contributed by atoms with Crippen molar-refractivity contribution < 1.29 is 14.3 Å². The smallest absolute Gasteiger partial charge is 0.183 e. The van der Waals surface area contributed by atoms with Crippen LogP contribution in [0.4, 0.5) is 0 Å². The summed E-state index contributed by atoms with van der Waals surface area (Å²) in [6.07, 6.45) is 0. The molecule has 0 aromatic heterocycles. The number of hydrogen-bond donors (Lipinski definition) is 0. The molecule has 0 atom stereocenters. The second-order valence-electron chi connectivity index (χ2n) is 5.59. The standard InChI is InChI=1S/C16H21NO3/c1-12(18)13-6-4-5-7-14(13)15(19)16(2,3)17-8-10-20-11-9-17/h4-7H,8-11H2,1-3H3. The fourth-order valence-corrected chi connectivity index (χ4v) is 2.58. The van der Waals surface area contributed by atoms with Crippen molar-refractivity contribution in [3.63, 3.8) is 0 Å². The first-order valence-corrected chi connectivity index (χ1v) is 6.92. The minimum Gasteiger partial charge on any atom is -0.379 e. The van der Waals surface area contributed by atoms with Crippen LogP contribution in [0.5, 0.6) is 0 Å². The van der Waals surface area contributed by atoms with Crippen LogP contribution in [0.2, 0.25) is 0 Å². The number of carbonyl (C=O) groups excluding carboxylic acids is 2. The lowest BCUT2D eigenvalue weighted by Gasteiger charge is -2.39. The van der Waals surface area contributed by atoms with Gasteiger partial charge < -0.3 is 4.74 Å². The molecule has 1 aliphatic heterocycles. The van der Waals surface area contributed by atoms with Crippen molar-refractivity contribution in [3.8, 4) is 0 Å². The van der Waals surface area contributed by atoms with Crippen molar-refractivity contribution in [1.82, 2.24) is 4.90 Å². The van der Waals surface area contributed by atoms with Gasteiger partial charge in [0, 0.05) is 24.2 Å². The third-order valence-electron chi connectivity index (χ3n) is 3.91. The van der Waals surface area contributed by atoms with E-state index < -0.39 is 5.54 Å². The van der Waals surface area contributed by atoms with Gasteiger partial charge in [0.2, 0.25) is 0 Å². The molecule has 0 radical (unpaired) electrons. The molecule has 0 bridgehead atoms. The van der Waals surface area contributed by atoms with Gasteiger partial charge in [0.05, 0.1) is 18.8 Å². The second-order valence-corrected chi connectivity index (χ2v) is 5.59. The van der Waals surface area contributed by atoms with E-state index >= 15 is 0 Å². The van der Waals surface area contributed by atoms with Crippen molar-refractivity contribution in [2.24, 2.45) is 0 Å². The molecule has 108 valence electrons. The summed E-state index contributed by atoms with van der Waals surface area (Å²) in [5, 5.41) is 0. The topological polar surface area (TPSA) is 46.6 Å². The number of Topliss-reactive ketones (excluding diaryl/α,β-unsaturated/α-hetero) is 2. The number of ether oxygens (including phenoxy) is 1. The Morgan fingerprint density at radius 1 is 1.10 bits per heavy atom. The van der Waals surface area contributed by atoms with Crippen LogP contribution in [-0.4, -0.2) is 48.3 Å². The van der Waals surface area contributed by atoms with E-state index in [0.717, 1.165) is 13.1 Å². The quantitative estimate of drug-likeness (QED) is 0.790. The lowest BCUT2D eigenvalue weighted by atomic mass is 9.87. The van der Waals surface area contributed by atoms with E-state index in [2.05, 4.69) is 4.90 Å². The number of hydrogen-bond acceptors (Lipinski definition) is 4. The maximum absolute atomic E-state index is 12.9. The van der Waals surface area contributed by atoms with Crippen LogP contribution in [0.25, 0.3) is 0 Å². The average Bonchev–Trinajstić information content (AvgIpc) is 2.47. The normalized spacial score (nSPS) is 16.9. The first-order chi connectivity index (χ1) is 9.44. The largest absolute Gasteiger partial charge is 0.379 e. The molecule has 0 spiro atoms. The third-order valence-corrected chi connectivity index (χ3v) is 3.91. The molecule has 1 saturated heterocycles. The second kappa shape index (κ2) is 5.85. The Morgan fingerprint density at radius 3 is 2.20 bits per heavy atom. The zero-order valence-electron chi connectivity index (χ0n) is 12.3. The van der Waals surface area contributed by atoms with Gasteiger partial charge in [-0.1, -0.05) is 24.3 Å². The van der Waals surface area contributed by atoms with Crippen LogP contribution in [-0.2, 0) is 4.74 Å². The van der Waals surface area contributed by atoms with Gasteiger partial charge in [-0.25, -0.2) is 0 Å². The zero-order valence-corrected chi connectivity index (χ0v) is 12.3. The van der Waals surface area contributed by atoms with Crippen LogP contribution in [0.3, 0.4) is 0 Å². The summed E-state index contributed by atoms with van der Waals surface area (Å²) in [5.41, 5.74) is 0.380. The summed E-state index contributed by atoms with van der Waals surface area (Å²) in [7, 11) is 0. The van der Waals surface area contributed by atoms with Crippen LogP contribution in [0, 0.1) is 0 Å². The van der Waals surface area contributed by atoms with Crippen molar-refractivity contribution >= 4 is 11.6 Å². The first kappa shape index (κ1) is 14.9. The van der Waals surface area contributed by atoms with E-state index in [1.54, 1.807) is 24.3 Å². The summed E-state index contributed by atoms with van der Waals surface area (Å²) in [6.45, 7) is 8.08. The van der Waals surface area contributed by atoms with Gasteiger partial charge in [-0.3, -0.25) is 14.5 Å². The molecule has 1 aromatic carbocycles. The SMILES string of the molecule is CC(=O)c1ccccc1C(=O)C(C)(C)N1CCOCC1. The van der Waals surface area contributed by atoms with Crippen LogP contribution < -0.4 is 0 Å². The summed E-state index contributed by atoms with van der Waals surface area (Å²) >= 11 is 0. The maximum Gasteiger partial charge on any atom is 0.183 e. The van der Waals surface area contributed by atoms with Crippen molar-refractivity contribution in [2.45, 2.75) is 26.3 Å². The van der Waals surface area contributed by atoms with Crippen LogP contribution >= 0.6 is 0 Å². The van der Waals surface area contributed by atoms with Crippen LogP contribution in [0.1, 0.15) is 41.5 Å². The van der Waals surface area contributed by atoms with Crippen LogP contribution in [0.15, 0.2) is 24.3 Å². The van der Waals surface area contributed by atoms with Gasteiger partial charge in [-0.05, 0) is 20.8 Å². The van der Waals surface area contributed by atoms with E-state index in [-0.39, 0.29) is 11.6 Å². The Kier molecular flexibility index (Phi) is 4.35. The highest BCUT2D eigenvalue weighted by Crippen LogP contribution is 2.24. The molecule has 0 unspecified atom stereocenters. The minimum atomic E-state index is -0.630. The number of morpholine rings is 1. The zero-order chi connectivity index (χ0) is 14.8. The van der Waals surface area contributed by atoms with Gasteiger partial charge in [0.25, 0.3) is 0 Å². The maximum atomic E-state index is 12.9. The van der Waals surface area contributed by atoms with E-state index in [0.29, 0.717) is 24.3 Å². The minimum absolute atomic E-state index is 0.00907. The Bertz CT molecular complexity index is 516. The molecule has 20 heavy (non-hydrogen) atoms. The molecule has 1 aliphatic rings. The van der Waals surface area contributed by atoms with Gasteiger partial charge in [-0.15, -0.1) is 0 Å². The van der Waals surface area contributed by atoms with E-state index in [4.69, 9.17) is 4.74 Å². The third kappa shape index (κ3) is 2.81. The molecule has 1 heterocycles. The molecular weight excluding hydrogens is 254 g/mol. The van der Waals surface area contributed by atoms with E-state index in [1.165, 1.54) is 6.92 Å². The van der Waals surface area contributed by atoms with Crippen molar-refractivity contribution in [1.29, 1.82) is 0 Å². The highest BCUT2D eigenvalue weighted by Gasteiger charge is 2.37. The fraction of sp³-hybridized carbons (Fsp3) is 0.500. The number of ketones is 2. The van der Waals surface area contributed by atoms with Gasteiger partial charge in [-0.2, -0.15) is 0 Å². The van der Waals surface area contributed by atoms with E-state index in [9.17, 15) is 9.59 Å². The molecule has 0 amide bonds. The molecule has 0 saturated carbocycles. The van der Waals surface area contributed by atoms with E-state index in [1.807, 2.05) is 13.8 Å². The van der Waals surface area contributed by atoms with Gasteiger partial charge in [0.1, 0.15) is 0 Å².